The van der Waals surface area contributed by atoms with Crippen LogP contribution in [0.25, 0.3) is 10.4 Å². The first-order valence-electron chi connectivity index (χ1n) is 5.61. The van der Waals surface area contributed by atoms with E-state index in [1.807, 2.05) is 33.2 Å². The minimum Gasteiger partial charge on any atom is -0.330 e. The van der Waals surface area contributed by atoms with E-state index >= 15 is 0 Å². The highest BCUT2D eigenvalue weighted by Gasteiger charge is 2.01. The lowest BCUT2D eigenvalue weighted by Crippen LogP contribution is -1.83. The van der Waals surface area contributed by atoms with Crippen LogP contribution in [0.1, 0.15) is 18.9 Å². The largest absolute Gasteiger partial charge is 0.330 e. The molecule has 92 valence electrons. The zero-order chi connectivity index (χ0) is 12.7. The molecule has 2 rings (SSSR count). The van der Waals surface area contributed by atoms with Crippen LogP contribution < -0.4 is 4.72 Å². The molecule has 4 heteroatoms. The van der Waals surface area contributed by atoms with Gasteiger partial charge in [-0.1, -0.05) is 37.9 Å². The van der Waals surface area contributed by atoms with Gasteiger partial charge in [0, 0.05) is 18.1 Å². The first kappa shape index (κ1) is 14.1. The topological polar surface area (TPSA) is 24.9 Å². The monoisotopic (exact) mass is 266 g/mol. The third kappa shape index (κ3) is 4.06. The molecule has 0 saturated carbocycles. The van der Waals surface area contributed by atoms with Crippen molar-refractivity contribution >= 4 is 29.0 Å². The Kier molecular flexibility index (Phi) is 6.08. The summed E-state index contributed by atoms with van der Waals surface area (Å²) in [6.45, 7) is 6.03. The second-order valence-electron chi connectivity index (χ2n) is 3.13. The summed E-state index contributed by atoms with van der Waals surface area (Å²) in [4.78, 5) is 5.48. The highest BCUT2D eigenvalue weighted by atomic mass is 32.2. The Morgan fingerprint density at radius 1 is 1.18 bits per heavy atom. The Bertz CT molecular complexity index is 435. The van der Waals surface area contributed by atoms with Gasteiger partial charge >= 0.3 is 0 Å². The average Bonchev–Trinajstić information content (AvgIpc) is 2.80. The quantitative estimate of drug-likeness (QED) is 0.805. The maximum Gasteiger partial charge on any atom is 0.0900 e. The molecule has 0 aliphatic carbocycles. The summed E-state index contributed by atoms with van der Waals surface area (Å²) < 4.78 is 3.20. The zero-order valence-electron chi connectivity index (χ0n) is 10.7. The molecule has 1 heterocycles. The minimum atomic E-state index is 1.11. The number of nitrogens with zero attached hydrogens (tertiary/aromatic N) is 1. The minimum absolute atomic E-state index is 1.11. The summed E-state index contributed by atoms with van der Waals surface area (Å²) in [5, 5.41) is 1.11. The van der Waals surface area contributed by atoms with Crippen molar-refractivity contribution in [1.82, 2.24) is 4.98 Å². The van der Waals surface area contributed by atoms with Gasteiger partial charge < -0.3 is 4.72 Å². The Balaban J connectivity index is 0.000000686. The Morgan fingerprint density at radius 3 is 2.29 bits per heavy atom. The average molecular weight is 266 g/mol. The van der Waals surface area contributed by atoms with Crippen LogP contribution in [0.15, 0.2) is 30.5 Å². The molecule has 0 unspecified atom stereocenters. The van der Waals surface area contributed by atoms with E-state index in [1.54, 1.807) is 23.3 Å². The SMILES string of the molecule is CC.CSNc1ccc(-c2cnc(C)s2)cc1. The smallest absolute Gasteiger partial charge is 0.0900 e. The highest BCUT2D eigenvalue weighted by Crippen LogP contribution is 2.27. The molecule has 2 aromatic rings. The summed E-state index contributed by atoms with van der Waals surface area (Å²) in [6.07, 6.45) is 3.94. The van der Waals surface area contributed by atoms with Gasteiger partial charge in [0.05, 0.1) is 9.88 Å². The van der Waals surface area contributed by atoms with E-state index in [0.29, 0.717) is 0 Å². The molecule has 0 spiro atoms. The van der Waals surface area contributed by atoms with Crippen molar-refractivity contribution in [3.63, 3.8) is 0 Å². The van der Waals surface area contributed by atoms with Crippen LogP contribution >= 0.6 is 23.3 Å². The predicted octanol–water partition coefficient (Wildman–Crippen LogP) is 4.83. The number of anilines is 1. The molecule has 0 bridgehead atoms. The van der Waals surface area contributed by atoms with Gasteiger partial charge in [0.1, 0.15) is 0 Å². The van der Waals surface area contributed by atoms with Crippen LogP contribution in [0.5, 0.6) is 0 Å². The normalized spacial score (nSPS) is 9.41. The molecule has 17 heavy (non-hydrogen) atoms. The maximum atomic E-state index is 4.25. The lowest BCUT2D eigenvalue weighted by atomic mass is 10.2. The molecule has 0 fully saturated rings. The van der Waals surface area contributed by atoms with Gasteiger partial charge in [-0.25, -0.2) is 4.98 Å². The number of aromatic nitrogens is 1. The van der Waals surface area contributed by atoms with Crippen LogP contribution in [-0.4, -0.2) is 11.2 Å². The summed E-state index contributed by atoms with van der Waals surface area (Å²) in [7, 11) is 0. The molecule has 1 aromatic heterocycles. The fourth-order valence-electron chi connectivity index (χ4n) is 1.32. The Hall–Kier alpha value is -1.00. The van der Waals surface area contributed by atoms with Crippen LogP contribution in [0, 0.1) is 6.92 Å². The zero-order valence-corrected chi connectivity index (χ0v) is 12.3. The van der Waals surface area contributed by atoms with E-state index in [1.165, 1.54) is 10.4 Å². The van der Waals surface area contributed by atoms with Crippen LogP contribution in [0.2, 0.25) is 0 Å². The van der Waals surface area contributed by atoms with E-state index in [2.05, 4.69) is 34.0 Å². The van der Waals surface area contributed by atoms with Gasteiger partial charge in [-0.15, -0.1) is 11.3 Å². The van der Waals surface area contributed by atoms with Gasteiger partial charge in [0.15, 0.2) is 0 Å². The molecule has 0 radical (unpaired) electrons. The van der Waals surface area contributed by atoms with Crippen molar-refractivity contribution in [3.05, 3.63) is 35.5 Å². The number of nitrogens with one attached hydrogen (secondary N) is 1. The first-order chi connectivity index (χ1) is 8.29. The molecule has 0 aliphatic heterocycles. The molecule has 0 amide bonds. The van der Waals surface area contributed by atoms with Gasteiger partial charge in [-0.2, -0.15) is 0 Å². The summed E-state index contributed by atoms with van der Waals surface area (Å²) in [6, 6.07) is 8.40. The number of rotatable bonds is 3. The van der Waals surface area contributed by atoms with Crippen LogP contribution in [-0.2, 0) is 0 Å². The molecular formula is C13H18N2S2. The number of hydrogen-bond acceptors (Lipinski definition) is 4. The van der Waals surface area contributed by atoms with Crippen molar-refractivity contribution in [1.29, 1.82) is 0 Å². The van der Waals surface area contributed by atoms with Crippen LogP contribution in [0.3, 0.4) is 0 Å². The highest BCUT2D eigenvalue weighted by molar-refractivity contribution is 7.99. The molecule has 1 N–H and O–H groups in total. The summed E-state index contributed by atoms with van der Waals surface area (Å²) >= 11 is 3.32. The second-order valence-corrected chi connectivity index (χ2v) is 4.97. The fraction of sp³-hybridized carbons (Fsp3) is 0.308. The standard InChI is InChI=1S/C11H12N2S2.C2H6/c1-8-12-7-11(15-8)9-3-5-10(6-4-9)13-14-2;1-2/h3-7,13H,1-2H3;1-2H3. The number of hydrogen-bond donors (Lipinski definition) is 1. The van der Waals surface area contributed by atoms with Crippen molar-refractivity contribution in [2.45, 2.75) is 20.8 Å². The number of thiazole rings is 1. The molecular weight excluding hydrogens is 248 g/mol. The number of aryl methyl sites for hydroxylation is 1. The van der Waals surface area contributed by atoms with Gasteiger partial charge in [0.2, 0.25) is 0 Å². The Labute approximate surface area is 112 Å². The molecule has 0 atom stereocenters. The third-order valence-electron chi connectivity index (χ3n) is 2.01. The van der Waals surface area contributed by atoms with Crippen LogP contribution in [0.4, 0.5) is 5.69 Å². The molecule has 2 nitrogen and oxygen atoms in total. The molecule has 0 saturated heterocycles. The van der Waals surface area contributed by atoms with E-state index in [-0.39, 0.29) is 0 Å². The van der Waals surface area contributed by atoms with Crippen molar-refractivity contribution in [2.75, 3.05) is 11.0 Å². The first-order valence-corrected chi connectivity index (χ1v) is 7.65. The summed E-state index contributed by atoms with van der Waals surface area (Å²) in [5.74, 6) is 0. The Morgan fingerprint density at radius 2 is 1.82 bits per heavy atom. The number of benzene rings is 1. The predicted molar refractivity (Wildman–Crippen MR) is 80.8 cm³/mol. The second kappa shape index (κ2) is 7.35. The van der Waals surface area contributed by atoms with E-state index in [9.17, 15) is 0 Å². The molecule has 1 aromatic carbocycles. The van der Waals surface area contributed by atoms with E-state index in [4.69, 9.17) is 0 Å². The lowest BCUT2D eigenvalue weighted by molar-refractivity contribution is 1.30. The lowest BCUT2D eigenvalue weighted by Gasteiger charge is -2.02. The molecule has 0 aliphatic rings. The maximum absolute atomic E-state index is 4.25. The van der Waals surface area contributed by atoms with E-state index < -0.39 is 0 Å². The van der Waals surface area contributed by atoms with Gasteiger partial charge in [-0.05, 0) is 24.6 Å². The van der Waals surface area contributed by atoms with Gasteiger partial charge in [0.25, 0.3) is 0 Å². The van der Waals surface area contributed by atoms with Crippen molar-refractivity contribution < 1.29 is 0 Å². The van der Waals surface area contributed by atoms with E-state index in [0.717, 1.165) is 10.7 Å². The summed E-state index contributed by atoms with van der Waals surface area (Å²) in [5.41, 5.74) is 2.36. The van der Waals surface area contributed by atoms with Crippen molar-refractivity contribution in [3.8, 4) is 10.4 Å². The third-order valence-corrected chi connectivity index (χ3v) is 3.41. The van der Waals surface area contributed by atoms with Gasteiger partial charge in [-0.3, -0.25) is 0 Å². The fourth-order valence-corrected chi connectivity index (χ4v) is 2.47. The van der Waals surface area contributed by atoms with Crippen molar-refractivity contribution in [2.24, 2.45) is 0 Å².